The Morgan fingerprint density at radius 3 is 2.95 bits per heavy atom. The van der Waals surface area contributed by atoms with Gasteiger partial charge in [0.2, 0.25) is 0 Å². The van der Waals surface area contributed by atoms with Gasteiger partial charge in [0.1, 0.15) is 6.07 Å². The van der Waals surface area contributed by atoms with E-state index in [4.69, 9.17) is 0 Å². The molecule has 0 amide bonds. The van der Waals surface area contributed by atoms with E-state index in [2.05, 4.69) is 17.9 Å². The van der Waals surface area contributed by atoms with Crippen molar-refractivity contribution in [3.8, 4) is 6.07 Å². The number of nitrogens with zero attached hydrogens (tertiary/aromatic N) is 2. The van der Waals surface area contributed by atoms with Crippen LogP contribution in [0.2, 0.25) is 0 Å². The third-order valence-electron chi connectivity index (χ3n) is 3.90. The Bertz CT molecular complexity index is 550. The highest BCUT2D eigenvalue weighted by atomic mass is 32.2. The molecule has 1 aliphatic rings. The second-order valence-electron chi connectivity index (χ2n) is 5.42. The molecule has 3 nitrogen and oxygen atoms in total. The van der Waals surface area contributed by atoms with Crippen LogP contribution in [-0.2, 0) is 0 Å². The zero-order chi connectivity index (χ0) is 15.2. The van der Waals surface area contributed by atoms with Gasteiger partial charge in [-0.15, -0.1) is 0 Å². The second kappa shape index (κ2) is 7.51. The molecule has 0 saturated carbocycles. The lowest BCUT2D eigenvalue weighted by Crippen LogP contribution is -2.30. The number of benzene rings is 1. The van der Waals surface area contributed by atoms with Crippen LogP contribution in [-0.4, -0.2) is 29.9 Å². The summed E-state index contributed by atoms with van der Waals surface area (Å²) < 4.78 is 0. The molecular formula is C17H22N2OS. The van der Waals surface area contributed by atoms with E-state index in [-0.39, 0.29) is 5.78 Å². The van der Waals surface area contributed by atoms with Crippen molar-refractivity contribution in [1.29, 1.82) is 5.26 Å². The van der Waals surface area contributed by atoms with E-state index < -0.39 is 0 Å². The number of thioether (sulfide) groups is 1. The predicted molar refractivity (Wildman–Crippen MR) is 89.1 cm³/mol. The van der Waals surface area contributed by atoms with Gasteiger partial charge in [0.05, 0.1) is 11.3 Å². The first-order chi connectivity index (χ1) is 10.2. The zero-order valence-corrected chi connectivity index (χ0v) is 13.6. The summed E-state index contributed by atoms with van der Waals surface area (Å²) in [5.41, 5.74) is 2.28. The highest BCUT2D eigenvalue weighted by molar-refractivity contribution is 7.99. The van der Waals surface area contributed by atoms with Crippen LogP contribution < -0.4 is 4.90 Å². The zero-order valence-electron chi connectivity index (χ0n) is 12.8. The van der Waals surface area contributed by atoms with E-state index in [1.54, 1.807) is 19.1 Å². The summed E-state index contributed by atoms with van der Waals surface area (Å²) in [6, 6.07) is 7.68. The maximum Gasteiger partial charge on any atom is 0.159 e. The Hall–Kier alpha value is -1.47. The lowest BCUT2D eigenvalue weighted by molar-refractivity contribution is 0.101. The maximum atomic E-state index is 11.6. The van der Waals surface area contributed by atoms with E-state index in [9.17, 15) is 10.1 Å². The average Bonchev–Trinajstić information content (AvgIpc) is 2.72. The molecule has 1 unspecified atom stereocenters. The number of Topliss-reactive ketones (excluding diaryl/α,β-unsaturated/α-hetero) is 1. The molecule has 1 atom stereocenters. The van der Waals surface area contributed by atoms with Crippen LogP contribution in [0.3, 0.4) is 0 Å². The molecule has 1 aliphatic heterocycles. The van der Waals surface area contributed by atoms with Crippen LogP contribution in [0.5, 0.6) is 0 Å². The Morgan fingerprint density at radius 1 is 1.48 bits per heavy atom. The Labute approximate surface area is 131 Å². The molecule has 0 N–H and O–H groups in total. The van der Waals surface area contributed by atoms with Gasteiger partial charge in [-0.1, -0.05) is 13.3 Å². The summed E-state index contributed by atoms with van der Waals surface area (Å²) >= 11 is 2.00. The van der Waals surface area contributed by atoms with Crippen LogP contribution in [0.1, 0.15) is 49.0 Å². The van der Waals surface area contributed by atoms with Gasteiger partial charge in [0, 0.05) is 23.9 Å². The molecule has 2 rings (SSSR count). The van der Waals surface area contributed by atoms with Gasteiger partial charge in [-0.3, -0.25) is 4.79 Å². The molecule has 112 valence electrons. The molecule has 0 radical (unpaired) electrons. The van der Waals surface area contributed by atoms with Crippen molar-refractivity contribution >= 4 is 23.2 Å². The fraction of sp³-hybridized carbons (Fsp3) is 0.529. The van der Waals surface area contributed by atoms with Crippen molar-refractivity contribution in [1.82, 2.24) is 0 Å². The predicted octanol–water partition coefficient (Wildman–Crippen LogP) is 3.87. The van der Waals surface area contributed by atoms with Gasteiger partial charge in [-0.25, -0.2) is 0 Å². The van der Waals surface area contributed by atoms with Crippen molar-refractivity contribution in [3.63, 3.8) is 0 Å². The number of rotatable bonds is 4. The number of carbonyl (C=O) groups is 1. The lowest BCUT2D eigenvalue weighted by Gasteiger charge is -2.27. The lowest BCUT2D eigenvalue weighted by atomic mass is 10.1. The second-order valence-corrected chi connectivity index (χ2v) is 7.00. The minimum atomic E-state index is 0.0510. The van der Waals surface area contributed by atoms with Crippen molar-refractivity contribution in [2.75, 3.05) is 23.7 Å². The summed E-state index contributed by atoms with van der Waals surface area (Å²) in [6.45, 7) is 5.70. The van der Waals surface area contributed by atoms with Gasteiger partial charge in [0.15, 0.2) is 5.78 Å². The molecule has 1 saturated heterocycles. The van der Waals surface area contributed by atoms with Crippen LogP contribution in [0.25, 0.3) is 0 Å². The summed E-state index contributed by atoms with van der Waals surface area (Å²) in [4.78, 5) is 13.9. The van der Waals surface area contributed by atoms with Crippen molar-refractivity contribution in [2.45, 2.75) is 38.4 Å². The van der Waals surface area contributed by atoms with E-state index in [0.29, 0.717) is 16.4 Å². The molecule has 1 aromatic carbocycles. The third kappa shape index (κ3) is 4.01. The van der Waals surface area contributed by atoms with E-state index in [1.165, 1.54) is 12.8 Å². The van der Waals surface area contributed by atoms with Gasteiger partial charge >= 0.3 is 0 Å². The standard InChI is InChI=1S/C17H22N2OS/c1-3-21-16-6-4-5-9-19(12-16)17-10-14(13(2)20)7-8-15(17)11-18/h7-8,10,16H,3-6,9,12H2,1-2H3. The molecule has 0 aliphatic carbocycles. The highest BCUT2D eigenvalue weighted by Gasteiger charge is 2.21. The van der Waals surface area contributed by atoms with Crippen molar-refractivity contribution < 1.29 is 4.79 Å². The molecule has 4 heteroatoms. The van der Waals surface area contributed by atoms with Gasteiger partial charge in [-0.05, 0) is 43.7 Å². The number of hydrogen-bond acceptors (Lipinski definition) is 4. The number of hydrogen-bond donors (Lipinski definition) is 0. The number of ketones is 1. The summed E-state index contributed by atoms with van der Waals surface area (Å²) in [5, 5.41) is 9.97. The quantitative estimate of drug-likeness (QED) is 0.792. The topological polar surface area (TPSA) is 44.1 Å². The van der Waals surface area contributed by atoms with Crippen LogP contribution in [0, 0.1) is 11.3 Å². The Balaban J connectivity index is 2.31. The summed E-state index contributed by atoms with van der Waals surface area (Å²) in [6.07, 6.45) is 3.63. The summed E-state index contributed by atoms with van der Waals surface area (Å²) in [5.74, 6) is 1.17. The summed E-state index contributed by atoms with van der Waals surface area (Å²) in [7, 11) is 0. The normalized spacial score (nSPS) is 18.9. The molecule has 21 heavy (non-hydrogen) atoms. The molecule has 0 spiro atoms. The minimum Gasteiger partial charge on any atom is -0.369 e. The number of anilines is 1. The maximum absolute atomic E-state index is 11.6. The molecule has 0 bridgehead atoms. The van der Waals surface area contributed by atoms with Crippen LogP contribution in [0.4, 0.5) is 5.69 Å². The fourth-order valence-corrected chi connectivity index (χ4v) is 3.89. The minimum absolute atomic E-state index is 0.0510. The first-order valence-electron chi connectivity index (χ1n) is 7.57. The van der Waals surface area contributed by atoms with Crippen LogP contribution >= 0.6 is 11.8 Å². The largest absolute Gasteiger partial charge is 0.369 e. The molecule has 1 heterocycles. The van der Waals surface area contributed by atoms with Gasteiger partial charge in [-0.2, -0.15) is 17.0 Å². The Morgan fingerprint density at radius 2 is 2.29 bits per heavy atom. The first kappa shape index (κ1) is 15.9. The number of carbonyl (C=O) groups excluding carboxylic acids is 1. The van der Waals surface area contributed by atoms with E-state index >= 15 is 0 Å². The number of nitriles is 1. The molecule has 0 aromatic heterocycles. The smallest absolute Gasteiger partial charge is 0.159 e. The van der Waals surface area contributed by atoms with Crippen molar-refractivity contribution in [3.05, 3.63) is 29.3 Å². The third-order valence-corrected chi connectivity index (χ3v) is 5.09. The highest BCUT2D eigenvalue weighted by Crippen LogP contribution is 2.28. The monoisotopic (exact) mass is 302 g/mol. The molecule has 1 fully saturated rings. The van der Waals surface area contributed by atoms with E-state index in [0.717, 1.165) is 31.0 Å². The van der Waals surface area contributed by atoms with Gasteiger partial charge < -0.3 is 4.90 Å². The van der Waals surface area contributed by atoms with Gasteiger partial charge in [0.25, 0.3) is 0 Å². The first-order valence-corrected chi connectivity index (χ1v) is 8.62. The van der Waals surface area contributed by atoms with Crippen molar-refractivity contribution in [2.24, 2.45) is 0 Å². The SMILES string of the molecule is CCSC1CCCCN(c2cc(C(C)=O)ccc2C#N)C1. The molecule has 1 aromatic rings. The molecular weight excluding hydrogens is 280 g/mol. The fourth-order valence-electron chi connectivity index (χ4n) is 2.80. The Kier molecular flexibility index (Phi) is 5.69. The average molecular weight is 302 g/mol. The van der Waals surface area contributed by atoms with Crippen LogP contribution in [0.15, 0.2) is 18.2 Å². The van der Waals surface area contributed by atoms with E-state index in [1.807, 2.05) is 17.8 Å².